The number of likely N-dealkylation sites (N-methyl/N-ethyl adjacent to an activating group) is 1. The summed E-state index contributed by atoms with van der Waals surface area (Å²) in [6.45, 7) is 2.03. The molecular weight excluding hydrogens is 731 g/mol. The van der Waals surface area contributed by atoms with E-state index in [4.69, 9.17) is 19.5 Å². The van der Waals surface area contributed by atoms with Crippen molar-refractivity contribution in [3.8, 4) is 44.5 Å². The highest BCUT2D eigenvalue weighted by molar-refractivity contribution is 6.01. The molecule has 1 unspecified atom stereocenters. The number of rotatable bonds is 7. The summed E-state index contributed by atoms with van der Waals surface area (Å²) in [5.74, 6) is -0.363. The Morgan fingerprint density at radius 2 is 1.02 bits per heavy atom. The highest BCUT2D eigenvalue weighted by atomic mass is 16.7. The summed E-state index contributed by atoms with van der Waals surface area (Å²) >= 11 is 0. The second-order valence-electron chi connectivity index (χ2n) is 14.5. The van der Waals surface area contributed by atoms with Gasteiger partial charge >= 0.3 is 5.97 Å². The van der Waals surface area contributed by atoms with E-state index in [-0.39, 0.29) is 12.4 Å². The largest absolute Gasteiger partial charge is 0.460 e. The highest BCUT2D eigenvalue weighted by Gasteiger charge is 2.33. The zero-order valence-corrected chi connectivity index (χ0v) is 32.5. The van der Waals surface area contributed by atoms with E-state index in [9.17, 15) is 4.79 Å². The van der Waals surface area contributed by atoms with Crippen molar-refractivity contribution in [3.63, 3.8) is 0 Å². The molecule has 0 fully saturated rings. The number of aromatic amines is 2. The second-order valence-corrected chi connectivity index (χ2v) is 14.5. The first-order valence-electron chi connectivity index (χ1n) is 19.8. The van der Waals surface area contributed by atoms with Gasteiger partial charge in [-0.2, -0.15) is 0 Å². The number of carbonyl (C=O) groups excluding carboxylic acids is 1. The van der Waals surface area contributed by atoms with Gasteiger partial charge in [0.15, 0.2) is 0 Å². The number of H-pyrrole nitrogens is 2. The van der Waals surface area contributed by atoms with Crippen molar-refractivity contribution >= 4 is 52.3 Å². The molecular formula is C51H39N5O3. The molecule has 0 aliphatic carbocycles. The zero-order chi connectivity index (χ0) is 39.9. The van der Waals surface area contributed by atoms with Crippen molar-refractivity contribution in [2.45, 2.75) is 13.0 Å². The van der Waals surface area contributed by atoms with Crippen LogP contribution in [0.3, 0.4) is 0 Å². The van der Waals surface area contributed by atoms with Gasteiger partial charge in [-0.05, 0) is 77.8 Å². The van der Waals surface area contributed by atoms with Crippen LogP contribution in [-0.4, -0.2) is 44.6 Å². The van der Waals surface area contributed by atoms with Crippen molar-refractivity contribution in [1.29, 1.82) is 0 Å². The summed E-state index contributed by atoms with van der Waals surface area (Å²) in [5, 5.41) is 1.70. The normalized spacial score (nSPS) is 14.6. The van der Waals surface area contributed by atoms with Gasteiger partial charge in [0.25, 0.3) is 0 Å². The molecule has 286 valence electrons. The molecule has 0 radical (unpaired) electrons. The summed E-state index contributed by atoms with van der Waals surface area (Å²) in [5.41, 5.74) is 15.6. The third kappa shape index (κ3) is 6.55. The molecule has 3 aliphatic heterocycles. The molecule has 7 aromatic rings. The molecule has 10 rings (SSSR count). The van der Waals surface area contributed by atoms with Gasteiger partial charge in [-0.3, -0.25) is 0 Å². The monoisotopic (exact) mass is 769 g/mol. The average molecular weight is 770 g/mol. The minimum atomic E-state index is -0.508. The lowest BCUT2D eigenvalue weighted by Gasteiger charge is -2.18. The first-order chi connectivity index (χ1) is 29.0. The maximum atomic E-state index is 13.0. The first-order valence-corrected chi connectivity index (χ1v) is 19.8. The minimum absolute atomic E-state index is 0.146. The van der Waals surface area contributed by atoms with Crippen LogP contribution in [0.25, 0.3) is 90.9 Å². The number of nitrogens with one attached hydrogen (secondary N) is 2. The van der Waals surface area contributed by atoms with Crippen molar-refractivity contribution in [3.05, 3.63) is 180 Å². The standard InChI is InChI=1S/C51H39N5O3/c1-3-58-51(57)45-31-44(56(2)59-45)36-30-43-48(34-20-12-6-13-21-34)41-27-26-39(53-41)46(32-16-8-4-9-17-32)37-24-25-38(52-37)47(33-18-10-5-11-19-33)40-28-29-42(54-40)49(50(36)55-43)35-22-14-7-15-23-35/h4-31,44,52,55H,3H2,1-2H3. The predicted octanol–water partition coefficient (Wildman–Crippen LogP) is 11.7. The van der Waals surface area contributed by atoms with Crippen LogP contribution in [0, 0.1) is 0 Å². The number of hydrogen-bond donors (Lipinski definition) is 2. The number of esters is 1. The van der Waals surface area contributed by atoms with E-state index in [1.807, 2.05) is 61.7 Å². The molecule has 3 aromatic heterocycles. The van der Waals surface area contributed by atoms with E-state index >= 15 is 0 Å². The number of ether oxygens (including phenoxy) is 1. The quantitative estimate of drug-likeness (QED) is 0.157. The summed E-state index contributed by atoms with van der Waals surface area (Å²) in [6, 6.07) is 47.4. The Morgan fingerprint density at radius 3 is 1.47 bits per heavy atom. The van der Waals surface area contributed by atoms with Crippen LogP contribution < -0.4 is 0 Å². The summed E-state index contributed by atoms with van der Waals surface area (Å²) < 4.78 is 5.37. The maximum Gasteiger partial charge on any atom is 0.375 e. The molecule has 8 nitrogen and oxygen atoms in total. The molecule has 8 heteroatoms. The molecule has 1 atom stereocenters. The fourth-order valence-corrected chi connectivity index (χ4v) is 8.26. The molecule has 4 aromatic carbocycles. The van der Waals surface area contributed by atoms with Crippen LogP contribution >= 0.6 is 0 Å². The topological polar surface area (TPSA) is 96.1 Å². The third-order valence-electron chi connectivity index (χ3n) is 10.9. The van der Waals surface area contributed by atoms with Gasteiger partial charge < -0.3 is 19.5 Å². The Balaban J connectivity index is 1.41. The minimum Gasteiger partial charge on any atom is -0.460 e. The summed E-state index contributed by atoms with van der Waals surface area (Å²) in [4.78, 5) is 37.7. The Kier molecular flexibility index (Phi) is 9.16. The molecule has 0 spiro atoms. The Morgan fingerprint density at radius 1 is 0.593 bits per heavy atom. The fraction of sp³-hybridized carbons (Fsp3) is 0.0784. The van der Waals surface area contributed by atoms with E-state index in [1.54, 1.807) is 12.0 Å². The van der Waals surface area contributed by atoms with Crippen molar-refractivity contribution < 1.29 is 14.4 Å². The number of aromatic nitrogens is 4. The zero-order valence-electron chi connectivity index (χ0n) is 32.5. The van der Waals surface area contributed by atoms with Crippen LogP contribution in [0.15, 0.2) is 151 Å². The van der Waals surface area contributed by atoms with Crippen LogP contribution in [0.2, 0.25) is 0 Å². The number of hydrogen-bond acceptors (Lipinski definition) is 6. The first kappa shape index (κ1) is 35.8. The van der Waals surface area contributed by atoms with Gasteiger partial charge in [0.2, 0.25) is 5.76 Å². The molecule has 6 heterocycles. The molecule has 0 saturated heterocycles. The van der Waals surface area contributed by atoms with Gasteiger partial charge in [-0.1, -0.05) is 121 Å². The van der Waals surface area contributed by atoms with Crippen molar-refractivity contribution in [2.75, 3.05) is 13.7 Å². The smallest absolute Gasteiger partial charge is 0.375 e. The van der Waals surface area contributed by atoms with E-state index in [0.717, 1.165) is 94.9 Å². The lowest BCUT2D eigenvalue weighted by Crippen LogP contribution is -2.18. The Labute approximate surface area is 341 Å². The SMILES string of the molecule is CCOC(=O)C1=CC(c2cc3[nH]c2c(-c2ccccc2)c2nc(c(-c4ccccc4)c4ccc([nH]4)c(-c4ccccc4)c4nc(c3-c3ccccc3)C=C4)C=C2)N(C)O1. The maximum absolute atomic E-state index is 13.0. The molecule has 8 bridgehead atoms. The lowest BCUT2D eigenvalue weighted by atomic mass is 9.98. The number of benzene rings is 4. The molecule has 3 aliphatic rings. The van der Waals surface area contributed by atoms with Gasteiger partial charge in [-0.15, -0.1) is 5.06 Å². The van der Waals surface area contributed by atoms with E-state index in [0.29, 0.717) is 0 Å². The van der Waals surface area contributed by atoms with Crippen molar-refractivity contribution in [1.82, 2.24) is 25.0 Å². The summed E-state index contributed by atoms with van der Waals surface area (Å²) in [7, 11) is 1.83. The lowest BCUT2D eigenvalue weighted by molar-refractivity contribution is -0.154. The van der Waals surface area contributed by atoms with Crippen LogP contribution in [0.1, 0.15) is 41.3 Å². The third-order valence-corrected chi connectivity index (χ3v) is 10.9. The molecule has 2 N–H and O–H groups in total. The number of nitrogens with zero attached hydrogens (tertiary/aromatic N) is 3. The van der Waals surface area contributed by atoms with Crippen LogP contribution in [-0.2, 0) is 14.4 Å². The number of hydroxylamine groups is 2. The fourth-order valence-electron chi connectivity index (χ4n) is 8.26. The number of carbonyl (C=O) groups is 1. The molecule has 0 amide bonds. The Bertz CT molecular complexity index is 3000. The molecule has 59 heavy (non-hydrogen) atoms. The molecule has 0 saturated carbocycles. The van der Waals surface area contributed by atoms with Gasteiger partial charge in [0.1, 0.15) is 0 Å². The van der Waals surface area contributed by atoms with Gasteiger partial charge in [-0.25, -0.2) is 14.8 Å². The van der Waals surface area contributed by atoms with Gasteiger partial charge in [0, 0.05) is 51.4 Å². The second kappa shape index (κ2) is 15.1. The van der Waals surface area contributed by atoms with E-state index in [2.05, 4.69) is 125 Å². The van der Waals surface area contributed by atoms with Crippen LogP contribution in [0.4, 0.5) is 0 Å². The van der Waals surface area contributed by atoms with E-state index < -0.39 is 12.0 Å². The summed E-state index contributed by atoms with van der Waals surface area (Å²) in [6.07, 6.45) is 10.2. The van der Waals surface area contributed by atoms with E-state index in [1.165, 1.54) is 0 Å². The highest BCUT2D eigenvalue weighted by Crippen LogP contribution is 2.42. The van der Waals surface area contributed by atoms with Gasteiger partial charge in [0.05, 0.1) is 40.9 Å². The number of fused-ring (bicyclic) bond motifs is 8. The van der Waals surface area contributed by atoms with Crippen LogP contribution in [0.5, 0.6) is 0 Å². The van der Waals surface area contributed by atoms with Crippen molar-refractivity contribution in [2.24, 2.45) is 0 Å². The predicted molar refractivity (Wildman–Crippen MR) is 237 cm³/mol. The average Bonchev–Trinajstić information content (AvgIpc) is 4.14. The Hall–Kier alpha value is -7.55.